The highest BCUT2D eigenvalue weighted by Gasteiger charge is 2.52. The molecule has 0 spiro atoms. The maximum absolute atomic E-state index is 12.4. The van der Waals surface area contributed by atoms with Gasteiger partial charge in [0.05, 0.1) is 38.8 Å². The zero-order valence-electron chi connectivity index (χ0n) is 15.4. The summed E-state index contributed by atoms with van der Waals surface area (Å²) >= 11 is 1.38. The van der Waals surface area contributed by atoms with Crippen LogP contribution < -0.4 is 15.8 Å². The number of esters is 1. The first-order chi connectivity index (χ1) is 13.0. The van der Waals surface area contributed by atoms with Gasteiger partial charge in [0, 0.05) is 6.54 Å². The first kappa shape index (κ1) is 19.2. The second kappa shape index (κ2) is 8.01. The topological polar surface area (TPSA) is 109 Å². The molecular formula is C18H22N4O4S. The van der Waals surface area contributed by atoms with Gasteiger partial charge in [-0.2, -0.15) is 0 Å². The molecule has 9 heteroatoms. The van der Waals surface area contributed by atoms with Crippen LogP contribution in [0, 0.1) is 0 Å². The van der Waals surface area contributed by atoms with Crippen LogP contribution in [0.1, 0.15) is 11.3 Å². The summed E-state index contributed by atoms with van der Waals surface area (Å²) in [6.45, 7) is 0.888. The van der Waals surface area contributed by atoms with Gasteiger partial charge in [-0.25, -0.2) is 9.97 Å². The monoisotopic (exact) mass is 390 g/mol. The molecule has 0 saturated carbocycles. The number of anilines is 2. The van der Waals surface area contributed by atoms with E-state index in [4.69, 9.17) is 19.9 Å². The van der Waals surface area contributed by atoms with Crippen molar-refractivity contribution in [3.05, 3.63) is 35.5 Å². The number of carbonyl (C=O) groups excluding carboxylic acids is 1. The minimum atomic E-state index is -0.983. The number of nitrogen functional groups attached to an aromatic ring is 1. The van der Waals surface area contributed by atoms with E-state index in [2.05, 4.69) is 15.3 Å². The molecule has 0 unspecified atom stereocenters. The SMILES string of the molecule is COC(=O)C1(c2nc(SC)nc(NCc3ccc(OC)cc3)c2N)COC1. The molecule has 0 aliphatic carbocycles. The van der Waals surface area contributed by atoms with E-state index in [1.165, 1.54) is 18.9 Å². The van der Waals surface area contributed by atoms with Crippen LogP contribution >= 0.6 is 11.8 Å². The third kappa shape index (κ3) is 3.65. The quantitative estimate of drug-likeness (QED) is 0.416. The van der Waals surface area contributed by atoms with Crippen LogP contribution in [0.5, 0.6) is 5.75 Å². The Bertz CT molecular complexity index is 825. The molecule has 0 radical (unpaired) electrons. The van der Waals surface area contributed by atoms with Gasteiger partial charge in [0.25, 0.3) is 0 Å². The third-order valence-corrected chi connectivity index (χ3v) is 5.00. The largest absolute Gasteiger partial charge is 0.497 e. The lowest BCUT2D eigenvalue weighted by atomic mass is 9.81. The van der Waals surface area contributed by atoms with Gasteiger partial charge in [0.15, 0.2) is 16.4 Å². The van der Waals surface area contributed by atoms with Crippen molar-refractivity contribution in [2.75, 3.05) is 44.7 Å². The van der Waals surface area contributed by atoms with Gasteiger partial charge in [0.2, 0.25) is 0 Å². The summed E-state index contributed by atoms with van der Waals surface area (Å²) in [6, 6.07) is 7.68. The van der Waals surface area contributed by atoms with E-state index in [1.807, 2.05) is 30.5 Å². The van der Waals surface area contributed by atoms with Gasteiger partial charge in [-0.05, 0) is 24.0 Å². The van der Waals surface area contributed by atoms with Gasteiger partial charge in [-0.3, -0.25) is 4.79 Å². The summed E-state index contributed by atoms with van der Waals surface area (Å²) < 4.78 is 15.4. The van der Waals surface area contributed by atoms with Crippen LogP contribution in [-0.4, -0.2) is 49.6 Å². The van der Waals surface area contributed by atoms with E-state index in [1.54, 1.807) is 7.11 Å². The average Bonchev–Trinajstić information content (AvgIpc) is 2.67. The summed E-state index contributed by atoms with van der Waals surface area (Å²) in [6.07, 6.45) is 1.87. The van der Waals surface area contributed by atoms with E-state index in [9.17, 15) is 4.79 Å². The lowest BCUT2D eigenvalue weighted by Gasteiger charge is -2.38. The normalized spacial score (nSPS) is 14.9. The fraction of sp³-hybridized carbons (Fsp3) is 0.389. The van der Waals surface area contributed by atoms with Crippen LogP contribution in [-0.2, 0) is 26.2 Å². The van der Waals surface area contributed by atoms with E-state index in [-0.39, 0.29) is 13.2 Å². The molecule has 1 aliphatic rings. The smallest absolute Gasteiger partial charge is 0.322 e. The Kier molecular flexibility index (Phi) is 5.71. The number of rotatable bonds is 7. The second-order valence-corrected chi connectivity index (χ2v) is 6.86. The van der Waals surface area contributed by atoms with E-state index in [0.717, 1.165) is 11.3 Å². The van der Waals surface area contributed by atoms with E-state index >= 15 is 0 Å². The molecule has 1 aromatic carbocycles. The van der Waals surface area contributed by atoms with Crippen molar-refractivity contribution in [2.45, 2.75) is 17.1 Å². The number of nitrogens with one attached hydrogen (secondary N) is 1. The predicted molar refractivity (Wildman–Crippen MR) is 103 cm³/mol. The Labute approximate surface area is 161 Å². The standard InChI is InChI=1S/C18H22N4O4S/c1-24-12-6-4-11(5-7-12)8-20-15-13(19)14(21-17(22-15)27-3)18(9-26-10-18)16(23)25-2/h4-7H,8-10,19H2,1-3H3,(H,20,21,22). The van der Waals surface area contributed by atoms with Crippen LogP contribution in [0.4, 0.5) is 11.5 Å². The lowest BCUT2D eigenvalue weighted by Crippen LogP contribution is -2.54. The van der Waals surface area contributed by atoms with Gasteiger partial charge < -0.3 is 25.3 Å². The molecule has 0 atom stereocenters. The van der Waals surface area contributed by atoms with Gasteiger partial charge >= 0.3 is 5.97 Å². The number of aromatic nitrogens is 2. The Balaban J connectivity index is 1.90. The Morgan fingerprint density at radius 2 is 2.00 bits per heavy atom. The first-order valence-electron chi connectivity index (χ1n) is 8.29. The zero-order valence-corrected chi connectivity index (χ0v) is 16.3. The van der Waals surface area contributed by atoms with Crippen LogP contribution in [0.2, 0.25) is 0 Å². The molecule has 2 aromatic rings. The number of hydrogen-bond acceptors (Lipinski definition) is 9. The molecule has 3 N–H and O–H groups in total. The first-order valence-corrected chi connectivity index (χ1v) is 9.51. The van der Waals surface area contributed by atoms with Crippen LogP contribution in [0.15, 0.2) is 29.4 Å². The number of ether oxygens (including phenoxy) is 3. The van der Waals surface area contributed by atoms with E-state index < -0.39 is 11.4 Å². The molecule has 1 saturated heterocycles. The molecule has 2 heterocycles. The molecule has 1 aliphatic heterocycles. The number of hydrogen-bond donors (Lipinski definition) is 2. The summed E-state index contributed by atoms with van der Waals surface area (Å²) in [5.74, 6) is 0.861. The second-order valence-electron chi connectivity index (χ2n) is 6.09. The van der Waals surface area contributed by atoms with Gasteiger partial charge in [-0.1, -0.05) is 23.9 Å². The molecule has 8 nitrogen and oxygen atoms in total. The van der Waals surface area contributed by atoms with Gasteiger partial charge in [0.1, 0.15) is 5.75 Å². The molecule has 27 heavy (non-hydrogen) atoms. The maximum Gasteiger partial charge on any atom is 0.322 e. The van der Waals surface area contributed by atoms with Gasteiger partial charge in [-0.15, -0.1) is 0 Å². The van der Waals surface area contributed by atoms with Crippen molar-refractivity contribution in [1.29, 1.82) is 0 Å². The summed E-state index contributed by atoms with van der Waals surface area (Å²) in [5.41, 5.74) is 7.15. The van der Waals surface area contributed by atoms with Crippen LogP contribution in [0.25, 0.3) is 0 Å². The summed E-state index contributed by atoms with van der Waals surface area (Å²) in [4.78, 5) is 21.3. The van der Waals surface area contributed by atoms with E-state index in [0.29, 0.717) is 28.9 Å². The number of nitrogens with two attached hydrogens (primary N) is 1. The fourth-order valence-electron chi connectivity index (χ4n) is 2.82. The third-order valence-electron chi connectivity index (χ3n) is 4.45. The molecule has 0 amide bonds. The molecule has 144 valence electrons. The van der Waals surface area contributed by atoms with Crippen molar-refractivity contribution in [3.8, 4) is 5.75 Å². The van der Waals surface area contributed by atoms with Crippen molar-refractivity contribution in [2.24, 2.45) is 0 Å². The number of thioether (sulfide) groups is 1. The highest BCUT2D eigenvalue weighted by Crippen LogP contribution is 2.39. The number of nitrogens with zero attached hydrogens (tertiary/aromatic N) is 2. The number of methoxy groups -OCH3 is 2. The highest BCUT2D eigenvalue weighted by molar-refractivity contribution is 7.98. The summed E-state index contributed by atoms with van der Waals surface area (Å²) in [5, 5.41) is 3.76. The molecular weight excluding hydrogens is 368 g/mol. The Morgan fingerprint density at radius 3 is 2.52 bits per heavy atom. The predicted octanol–water partition coefficient (Wildman–Crippen LogP) is 1.84. The Morgan fingerprint density at radius 1 is 1.30 bits per heavy atom. The number of carbonyl (C=O) groups is 1. The molecule has 1 fully saturated rings. The molecule has 1 aromatic heterocycles. The molecule has 3 rings (SSSR count). The fourth-order valence-corrected chi connectivity index (χ4v) is 3.19. The van der Waals surface area contributed by atoms with Crippen LogP contribution in [0.3, 0.4) is 0 Å². The minimum Gasteiger partial charge on any atom is -0.497 e. The lowest BCUT2D eigenvalue weighted by molar-refractivity contribution is -0.167. The Hall–Kier alpha value is -2.52. The highest BCUT2D eigenvalue weighted by atomic mass is 32.2. The minimum absolute atomic E-state index is 0.187. The summed E-state index contributed by atoms with van der Waals surface area (Å²) in [7, 11) is 2.97. The average molecular weight is 390 g/mol. The maximum atomic E-state index is 12.4. The number of benzene rings is 1. The molecule has 0 bridgehead atoms. The van der Waals surface area contributed by atoms with Crippen molar-refractivity contribution in [1.82, 2.24) is 9.97 Å². The van der Waals surface area contributed by atoms with Crippen molar-refractivity contribution in [3.63, 3.8) is 0 Å². The zero-order chi connectivity index (χ0) is 19.4. The van der Waals surface area contributed by atoms with Crippen molar-refractivity contribution >= 4 is 29.2 Å². The van der Waals surface area contributed by atoms with Crippen molar-refractivity contribution < 1.29 is 19.0 Å².